The molecule has 1 aromatic heterocycles. The number of aromatic amines is 1. The molecule has 86 valence electrons. The molecule has 2 rings (SSSR count). The van der Waals surface area contributed by atoms with E-state index in [0.29, 0.717) is 0 Å². The minimum Gasteiger partial charge on any atom is -0.388 e. The second-order valence-electron chi connectivity index (χ2n) is 3.61. The monoisotopic (exact) mass is 226 g/mol. The lowest BCUT2D eigenvalue weighted by molar-refractivity contribution is -0.104. The van der Waals surface area contributed by atoms with Gasteiger partial charge in [0.2, 0.25) is 0 Å². The third-order valence-electron chi connectivity index (χ3n) is 2.63. The highest BCUT2D eigenvalue weighted by Gasteiger charge is 2.08. The summed E-state index contributed by atoms with van der Waals surface area (Å²) in [4.78, 5) is 13.8. The van der Waals surface area contributed by atoms with E-state index in [2.05, 4.69) is 10.3 Å². The number of hydrogen-bond acceptors (Lipinski definition) is 2. The van der Waals surface area contributed by atoms with Crippen LogP contribution in [0.4, 0.5) is 5.69 Å². The Morgan fingerprint density at radius 2 is 2.12 bits per heavy atom. The first-order valence-electron chi connectivity index (χ1n) is 5.42. The maximum atomic E-state index is 10.8. The smallest absolute Gasteiger partial charge is 0.143 e. The third-order valence-corrected chi connectivity index (χ3v) is 2.63. The minimum absolute atomic E-state index is 0.814. The highest BCUT2D eigenvalue weighted by molar-refractivity contribution is 5.93. The summed E-state index contributed by atoms with van der Waals surface area (Å²) in [7, 11) is 1.87. The van der Waals surface area contributed by atoms with Gasteiger partial charge in [-0.2, -0.15) is 0 Å². The molecule has 0 aliphatic carbocycles. The van der Waals surface area contributed by atoms with Crippen LogP contribution < -0.4 is 5.32 Å². The predicted molar refractivity (Wildman–Crippen MR) is 69.9 cm³/mol. The van der Waals surface area contributed by atoms with Crippen LogP contribution in [-0.4, -0.2) is 18.3 Å². The molecule has 1 heterocycles. The number of para-hydroxylation sites is 1. The number of aldehydes is 1. The molecule has 0 fully saturated rings. The van der Waals surface area contributed by atoms with Gasteiger partial charge in [-0.1, -0.05) is 18.2 Å². The molecular weight excluding hydrogens is 212 g/mol. The summed E-state index contributed by atoms with van der Waals surface area (Å²) in [6, 6.07) is 9.85. The van der Waals surface area contributed by atoms with Crippen molar-refractivity contribution in [3.8, 4) is 0 Å². The van der Waals surface area contributed by atoms with Gasteiger partial charge < -0.3 is 10.3 Å². The van der Waals surface area contributed by atoms with Gasteiger partial charge in [0.1, 0.15) is 6.29 Å². The number of benzene rings is 1. The summed E-state index contributed by atoms with van der Waals surface area (Å²) in [6.45, 7) is 0. The summed E-state index contributed by atoms with van der Waals surface area (Å²) >= 11 is 0. The molecule has 0 aliphatic heterocycles. The van der Waals surface area contributed by atoms with Gasteiger partial charge in [0, 0.05) is 30.7 Å². The Hall–Kier alpha value is -2.29. The Bertz CT molecular complexity index is 527. The van der Waals surface area contributed by atoms with E-state index in [1.165, 1.54) is 0 Å². The number of nitrogens with one attached hydrogen (secondary N) is 2. The lowest BCUT2D eigenvalue weighted by Gasteiger charge is -2.11. The number of carbonyl (C=O) groups excluding carboxylic acids is 1. The zero-order valence-corrected chi connectivity index (χ0v) is 9.60. The van der Waals surface area contributed by atoms with Gasteiger partial charge in [0.25, 0.3) is 0 Å². The van der Waals surface area contributed by atoms with Crippen molar-refractivity contribution in [1.29, 1.82) is 0 Å². The number of carbonyl (C=O) groups is 1. The molecule has 3 heteroatoms. The fourth-order valence-electron chi connectivity index (χ4n) is 1.84. The number of hydrogen-bond donors (Lipinski definition) is 2. The minimum atomic E-state index is 0.814. The van der Waals surface area contributed by atoms with Crippen molar-refractivity contribution in [1.82, 2.24) is 4.98 Å². The van der Waals surface area contributed by atoms with E-state index in [1.54, 1.807) is 6.08 Å². The van der Waals surface area contributed by atoms with Gasteiger partial charge in [-0.05, 0) is 29.3 Å². The maximum absolute atomic E-state index is 10.8. The van der Waals surface area contributed by atoms with Crippen molar-refractivity contribution < 1.29 is 4.79 Å². The van der Waals surface area contributed by atoms with Crippen LogP contribution in [0, 0.1) is 0 Å². The Morgan fingerprint density at radius 1 is 1.29 bits per heavy atom. The highest BCUT2D eigenvalue weighted by atomic mass is 16.1. The maximum Gasteiger partial charge on any atom is 0.143 e. The number of H-pyrrole nitrogens is 1. The summed E-state index contributed by atoms with van der Waals surface area (Å²) in [5.41, 5.74) is 3.93. The Labute approximate surface area is 100 Å². The molecule has 2 N–H and O–H groups in total. The molecule has 0 radical (unpaired) electrons. The first-order chi connectivity index (χ1) is 8.36. The molecule has 17 heavy (non-hydrogen) atoms. The molecule has 0 atom stereocenters. The predicted octanol–water partition coefficient (Wildman–Crippen LogP) is 2.69. The molecule has 0 spiro atoms. The molecule has 0 bridgehead atoms. The van der Waals surface area contributed by atoms with E-state index in [-0.39, 0.29) is 0 Å². The number of rotatable bonds is 4. The van der Waals surface area contributed by atoms with Crippen molar-refractivity contribution in [2.75, 3.05) is 12.4 Å². The fraction of sp³-hybridized carbons (Fsp3) is 0.0714. The molecule has 0 aliphatic rings. The average molecular weight is 226 g/mol. The second kappa shape index (κ2) is 5.16. The van der Waals surface area contributed by atoms with Crippen molar-refractivity contribution in [3.05, 3.63) is 59.9 Å². The van der Waals surface area contributed by atoms with Crippen LogP contribution in [0.3, 0.4) is 0 Å². The Balaban J connectivity index is 2.54. The molecule has 0 saturated heterocycles. The van der Waals surface area contributed by atoms with Crippen molar-refractivity contribution in [3.63, 3.8) is 0 Å². The molecule has 2 aromatic rings. The average Bonchev–Trinajstić information content (AvgIpc) is 2.89. The second-order valence-corrected chi connectivity index (χ2v) is 3.61. The standard InChI is InChI=1S/C14H14N2O/c1-15-14-5-3-2-4-13(14)12(7-9-17)11-6-8-16-10-11/h2-10,15-16H,1H3/b12-7-. The van der Waals surface area contributed by atoms with Crippen LogP contribution in [0.15, 0.2) is 48.8 Å². The van der Waals surface area contributed by atoms with Crippen LogP contribution in [0.2, 0.25) is 0 Å². The largest absolute Gasteiger partial charge is 0.388 e. The molecule has 1 aromatic carbocycles. The van der Waals surface area contributed by atoms with Gasteiger partial charge in [-0.15, -0.1) is 0 Å². The quantitative estimate of drug-likeness (QED) is 0.622. The van der Waals surface area contributed by atoms with E-state index in [0.717, 1.165) is 28.7 Å². The van der Waals surface area contributed by atoms with Crippen molar-refractivity contribution in [2.24, 2.45) is 0 Å². The van der Waals surface area contributed by atoms with E-state index < -0.39 is 0 Å². The Morgan fingerprint density at radius 3 is 2.76 bits per heavy atom. The summed E-state index contributed by atoms with van der Waals surface area (Å²) in [5, 5.41) is 3.13. The van der Waals surface area contributed by atoms with Crippen LogP contribution in [0.1, 0.15) is 11.1 Å². The fourth-order valence-corrected chi connectivity index (χ4v) is 1.84. The first-order valence-corrected chi connectivity index (χ1v) is 5.42. The van der Waals surface area contributed by atoms with Crippen molar-refractivity contribution >= 4 is 17.5 Å². The highest BCUT2D eigenvalue weighted by Crippen LogP contribution is 2.28. The molecule has 0 saturated carbocycles. The van der Waals surface area contributed by atoms with E-state index in [9.17, 15) is 4.79 Å². The van der Waals surface area contributed by atoms with Crippen molar-refractivity contribution in [2.45, 2.75) is 0 Å². The van der Waals surface area contributed by atoms with Crippen LogP contribution in [0.25, 0.3) is 5.57 Å². The van der Waals surface area contributed by atoms with Crippen LogP contribution in [0.5, 0.6) is 0 Å². The number of allylic oxidation sites excluding steroid dienone is 1. The van der Waals surface area contributed by atoms with Gasteiger partial charge >= 0.3 is 0 Å². The molecular formula is C14H14N2O. The summed E-state index contributed by atoms with van der Waals surface area (Å²) in [6.07, 6.45) is 6.12. The molecule has 3 nitrogen and oxygen atoms in total. The zero-order chi connectivity index (χ0) is 12.1. The Kier molecular flexibility index (Phi) is 3.40. The van der Waals surface area contributed by atoms with E-state index in [4.69, 9.17) is 0 Å². The number of aromatic nitrogens is 1. The first kappa shape index (κ1) is 11.2. The van der Waals surface area contributed by atoms with E-state index >= 15 is 0 Å². The van der Waals surface area contributed by atoms with Crippen LogP contribution >= 0.6 is 0 Å². The summed E-state index contributed by atoms with van der Waals surface area (Å²) in [5.74, 6) is 0. The van der Waals surface area contributed by atoms with E-state index in [1.807, 2.05) is 49.8 Å². The number of anilines is 1. The molecule has 0 amide bonds. The summed E-state index contributed by atoms with van der Waals surface area (Å²) < 4.78 is 0. The van der Waals surface area contributed by atoms with Gasteiger partial charge in [-0.25, -0.2) is 0 Å². The molecule has 0 unspecified atom stereocenters. The normalized spacial score (nSPS) is 11.2. The van der Waals surface area contributed by atoms with Gasteiger partial charge in [0.15, 0.2) is 0 Å². The zero-order valence-electron chi connectivity index (χ0n) is 9.60. The topological polar surface area (TPSA) is 44.9 Å². The lowest BCUT2D eigenvalue weighted by Crippen LogP contribution is -1.95. The van der Waals surface area contributed by atoms with Gasteiger partial charge in [0.05, 0.1) is 0 Å². The van der Waals surface area contributed by atoms with Gasteiger partial charge in [-0.3, -0.25) is 4.79 Å². The SMILES string of the molecule is CNc1ccccc1/C(=C\C=O)c1cc[nH]c1. The lowest BCUT2D eigenvalue weighted by atomic mass is 9.98. The third kappa shape index (κ3) is 2.28. The van der Waals surface area contributed by atoms with Crippen LogP contribution in [-0.2, 0) is 4.79 Å².